The van der Waals surface area contributed by atoms with Crippen LogP contribution >= 0.6 is 0 Å². The molecule has 2 rings (SSSR count). The molecule has 1 saturated carbocycles. The molecule has 1 aliphatic rings. The van der Waals surface area contributed by atoms with E-state index in [0.717, 1.165) is 25.3 Å². The first-order valence-corrected chi connectivity index (χ1v) is 7.00. The molecule has 3 nitrogen and oxygen atoms in total. The number of hydrogen-bond acceptors (Lipinski definition) is 3. The summed E-state index contributed by atoms with van der Waals surface area (Å²) in [7, 11) is 0. The highest BCUT2D eigenvalue weighted by molar-refractivity contribution is 4.98. The van der Waals surface area contributed by atoms with Crippen LogP contribution in [-0.4, -0.2) is 12.6 Å². The van der Waals surface area contributed by atoms with Crippen LogP contribution in [0.1, 0.15) is 39.4 Å². The van der Waals surface area contributed by atoms with Gasteiger partial charge in [-0.05, 0) is 48.8 Å². The van der Waals surface area contributed by atoms with Gasteiger partial charge in [0.15, 0.2) is 0 Å². The molecular weight excluding hydrogens is 224 g/mol. The predicted octanol–water partition coefficient (Wildman–Crippen LogP) is 2.77. The third kappa shape index (κ3) is 2.78. The quantitative estimate of drug-likeness (QED) is 0.864. The van der Waals surface area contributed by atoms with E-state index in [1.165, 1.54) is 6.42 Å². The van der Waals surface area contributed by atoms with Crippen LogP contribution in [0.2, 0.25) is 0 Å². The number of hydrogen-bond donors (Lipinski definition) is 2. The minimum Gasteiger partial charge on any atom is -0.468 e. The van der Waals surface area contributed by atoms with Gasteiger partial charge in [0.2, 0.25) is 0 Å². The van der Waals surface area contributed by atoms with Crippen molar-refractivity contribution in [2.24, 2.45) is 23.0 Å². The van der Waals surface area contributed by atoms with E-state index in [-0.39, 0.29) is 0 Å². The Balaban J connectivity index is 1.85. The highest BCUT2D eigenvalue weighted by Crippen LogP contribution is 2.43. The SMILES string of the molecule is CC1C(N)CCC(CNCc2ccco2)C1(C)C. The van der Waals surface area contributed by atoms with Crippen LogP contribution in [-0.2, 0) is 6.54 Å². The zero-order valence-electron chi connectivity index (χ0n) is 11.8. The van der Waals surface area contributed by atoms with Crippen LogP contribution in [0.3, 0.4) is 0 Å². The van der Waals surface area contributed by atoms with Crippen LogP contribution < -0.4 is 11.1 Å². The number of rotatable bonds is 4. The fourth-order valence-corrected chi connectivity index (χ4v) is 3.09. The van der Waals surface area contributed by atoms with Gasteiger partial charge in [-0.25, -0.2) is 0 Å². The van der Waals surface area contributed by atoms with Gasteiger partial charge in [-0.2, -0.15) is 0 Å². The predicted molar refractivity (Wildman–Crippen MR) is 74.1 cm³/mol. The number of nitrogens with one attached hydrogen (secondary N) is 1. The summed E-state index contributed by atoms with van der Waals surface area (Å²) in [6.45, 7) is 8.87. The van der Waals surface area contributed by atoms with Gasteiger partial charge in [0, 0.05) is 6.04 Å². The Morgan fingerprint density at radius 1 is 1.44 bits per heavy atom. The second-order valence-electron chi connectivity index (χ2n) is 6.26. The summed E-state index contributed by atoms with van der Waals surface area (Å²) >= 11 is 0. The fraction of sp³-hybridized carbons (Fsp3) is 0.733. The summed E-state index contributed by atoms with van der Waals surface area (Å²) < 4.78 is 5.33. The summed E-state index contributed by atoms with van der Waals surface area (Å²) in [5.41, 5.74) is 6.50. The standard InChI is InChI=1S/C15H26N2O/c1-11-14(16)7-6-12(15(11,2)3)9-17-10-13-5-4-8-18-13/h4-5,8,11-12,14,17H,6-7,9-10,16H2,1-3H3. The molecule has 0 spiro atoms. The first-order valence-electron chi connectivity index (χ1n) is 7.00. The summed E-state index contributed by atoms with van der Waals surface area (Å²) in [4.78, 5) is 0. The smallest absolute Gasteiger partial charge is 0.117 e. The van der Waals surface area contributed by atoms with Crippen LogP contribution in [0, 0.1) is 17.3 Å². The molecule has 18 heavy (non-hydrogen) atoms. The van der Waals surface area contributed by atoms with E-state index in [1.54, 1.807) is 6.26 Å². The Bertz CT molecular complexity index is 359. The molecule has 1 aliphatic carbocycles. The van der Waals surface area contributed by atoms with Gasteiger partial charge >= 0.3 is 0 Å². The average Bonchev–Trinajstić information content (AvgIpc) is 2.83. The third-order valence-electron chi connectivity index (χ3n) is 4.99. The average molecular weight is 250 g/mol. The van der Waals surface area contributed by atoms with Crippen molar-refractivity contribution in [2.75, 3.05) is 6.54 Å². The maximum absolute atomic E-state index is 6.19. The minimum atomic E-state index is 0.313. The van der Waals surface area contributed by atoms with Crippen LogP contribution in [0.15, 0.2) is 22.8 Å². The second kappa shape index (κ2) is 5.45. The van der Waals surface area contributed by atoms with Crippen molar-refractivity contribution in [3.05, 3.63) is 24.2 Å². The molecule has 0 bridgehead atoms. The molecule has 3 N–H and O–H groups in total. The molecule has 0 saturated heterocycles. The Labute approximate surface area is 110 Å². The lowest BCUT2D eigenvalue weighted by Crippen LogP contribution is -2.49. The van der Waals surface area contributed by atoms with Crippen molar-refractivity contribution in [3.63, 3.8) is 0 Å². The maximum atomic E-state index is 6.19. The topological polar surface area (TPSA) is 51.2 Å². The van der Waals surface area contributed by atoms with Crippen molar-refractivity contribution >= 4 is 0 Å². The van der Waals surface area contributed by atoms with Crippen molar-refractivity contribution in [1.29, 1.82) is 0 Å². The van der Waals surface area contributed by atoms with Crippen molar-refractivity contribution in [3.8, 4) is 0 Å². The molecule has 3 atom stereocenters. The number of furan rings is 1. The summed E-state index contributed by atoms with van der Waals surface area (Å²) in [6.07, 6.45) is 4.10. The van der Waals surface area contributed by atoms with Crippen molar-refractivity contribution in [2.45, 2.75) is 46.2 Å². The van der Waals surface area contributed by atoms with Gasteiger partial charge in [0.25, 0.3) is 0 Å². The normalized spacial score (nSPS) is 31.4. The van der Waals surface area contributed by atoms with E-state index >= 15 is 0 Å². The second-order valence-corrected chi connectivity index (χ2v) is 6.26. The molecule has 1 aromatic rings. The molecule has 0 aliphatic heterocycles. The first kappa shape index (κ1) is 13.6. The van der Waals surface area contributed by atoms with Gasteiger partial charge in [-0.1, -0.05) is 20.8 Å². The molecular formula is C15H26N2O. The number of nitrogens with two attached hydrogens (primary N) is 1. The highest BCUT2D eigenvalue weighted by atomic mass is 16.3. The highest BCUT2D eigenvalue weighted by Gasteiger charge is 2.41. The Morgan fingerprint density at radius 2 is 2.22 bits per heavy atom. The lowest BCUT2D eigenvalue weighted by atomic mass is 9.61. The van der Waals surface area contributed by atoms with Crippen molar-refractivity contribution in [1.82, 2.24) is 5.32 Å². The first-order chi connectivity index (χ1) is 8.51. The molecule has 0 aromatic carbocycles. The van der Waals surface area contributed by atoms with Gasteiger partial charge in [0.05, 0.1) is 12.8 Å². The van der Waals surface area contributed by atoms with Gasteiger partial charge < -0.3 is 15.5 Å². The molecule has 1 fully saturated rings. The lowest BCUT2D eigenvalue weighted by molar-refractivity contribution is 0.0536. The van der Waals surface area contributed by atoms with Crippen molar-refractivity contribution < 1.29 is 4.42 Å². The molecule has 0 radical (unpaired) electrons. The van der Waals surface area contributed by atoms with E-state index in [0.29, 0.717) is 23.3 Å². The van der Waals surface area contributed by atoms with E-state index in [9.17, 15) is 0 Å². The van der Waals surface area contributed by atoms with Gasteiger partial charge in [-0.3, -0.25) is 0 Å². The summed E-state index contributed by atoms with van der Waals surface area (Å²) in [6, 6.07) is 4.31. The van der Waals surface area contributed by atoms with E-state index in [1.807, 2.05) is 12.1 Å². The Kier molecular flexibility index (Phi) is 4.13. The Morgan fingerprint density at radius 3 is 2.89 bits per heavy atom. The minimum absolute atomic E-state index is 0.313. The molecule has 1 aromatic heterocycles. The molecule has 0 amide bonds. The lowest BCUT2D eigenvalue weighted by Gasteiger charge is -2.47. The summed E-state index contributed by atoms with van der Waals surface area (Å²) in [5.74, 6) is 2.29. The molecule has 1 heterocycles. The monoisotopic (exact) mass is 250 g/mol. The largest absolute Gasteiger partial charge is 0.468 e. The summed E-state index contributed by atoms with van der Waals surface area (Å²) in [5, 5.41) is 3.51. The van der Waals surface area contributed by atoms with E-state index in [4.69, 9.17) is 10.2 Å². The van der Waals surface area contributed by atoms with Gasteiger partial charge in [-0.15, -0.1) is 0 Å². The van der Waals surface area contributed by atoms with Crippen LogP contribution in [0.5, 0.6) is 0 Å². The third-order valence-corrected chi connectivity index (χ3v) is 4.99. The maximum Gasteiger partial charge on any atom is 0.117 e. The zero-order chi connectivity index (χ0) is 13.2. The zero-order valence-corrected chi connectivity index (χ0v) is 11.8. The van der Waals surface area contributed by atoms with Crippen LogP contribution in [0.25, 0.3) is 0 Å². The Hall–Kier alpha value is -0.800. The van der Waals surface area contributed by atoms with E-state index < -0.39 is 0 Å². The van der Waals surface area contributed by atoms with Gasteiger partial charge in [0.1, 0.15) is 5.76 Å². The van der Waals surface area contributed by atoms with E-state index in [2.05, 4.69) is 26.1 Å². The molecule has 3 unspecified atom stereocenters. The fourth-order valence-electron chi connectivity index (χ4n) is 3.09. The van der Waals surface area contributed by atoms with Crippen LogP contribution in [0.4, 0.5) is 0 Å². The molecule has 3 heteroatoms. The molecule has 102 valence electrons.